The molecule has 0 atom stereocenters. The average molecular weight is 844 g/mol. The van der Waals surface area contributed by atoms with Gasteiger partial charge in [0.15, 0.2) is 21.3 Å². The van der Waals surface area contributed by atoms with Gasteiger partial charge in [0.25, 0.3) is 0 Å². The first-order valence-corrected chi connectivity index (χ1v) is 19.1. The molecule has 0 unspecified atom stereocenters. The SMILES string of the molecule is CC1(OC(=O)COc2c(I)cc(I)cc2COc2ccc([S+](c3ccccc3)c3ccccc3)cc2)C2CC3CC(C2)CC1C3. The quantitative estimate of drug-likeness (QED) is 0.0907. The topological polar surface area (TPSA) is 44.8 Å². The van der Waals surface area contributed by atoms with Gasteiger partial charge in [0, 0.05) is 9.13 Å². The molecule has 0 radical (unpaired) electrons. The fourth-order valence-electron chi connectivity index (χ4n) is 7.93. The summed E-state index contributed by atoms with van der Waals surface area (Å²) in [5, 5.41) is 0. The number of hydrogen-bond donors (Lipinski definition) is 0. The maximum absolute atomic E-state index is 13.2. The van der Waals surface area contributed by atoms with Crippen molar-refractivity contribution >= 4 is 62.0 Å². The van der Waals surface area contributed by atoms with Crippen molar-refractivity contribution in [2.45, 2.75) is 65.9 Å². The molecule has 4 aliphatic carbocycles. The summed E-state index contributed by atoms with van der Waals surface area (Å²) in [7, 11) is -0.209. The smallest absolute Gasteiger partial charge is 0.344 e. The highest BCUT2D eigenvalue weighted by Crippen LogP contribution is 2.59. The zero-order chi connectivity index (χ0) is 31.0. The minimum Gasteiger partial charge on any atom is -0.489 e. The molecule has 0 amide bonds. The minimum absolute atomic E-state index is 0.0958. The van der Waals surface area contributed by atoms with Crippen LogP contribution in [-0.2, 0) is 27.0 Å². The highest BCUT2D eigenvalue weighted by Gasteiger charge is 2.57. The van der Waals surface area contributed by atoms with Gasteiger partial charge in [-0.15, -0.1) is 0 Å². The normalized spacial score (nSPS) is 24.9. The minimum atomic E-state index is -0.355. The predicted molar refractivity (Wildman–Crippen MR) is 195 cm³/mol. The van der Waals surface area contributed by atoms with Crippen LogP contribution >= 0.6 is 45.2 Å². The van der Waals surface area contributed by atoms with E-state index in [9.17, 15) is 4.79 Å². The van der Waals surface area contributed by atoms with Gasteiger partial charge >= 0.3 is 5.97 Å². The standard InChI is InChI=1S/C38H37I2O4S/c1-38(28-17-25-16-26(19-28)20-29(38)18-25)44-36(41)24-43-37-27(21-30(39)22-35(37)40)23-42-31-12-14-34(15-13-31)45(32-8-4-2-5-9-32)33-10-6-3-7-11-33/h2-15,21-22,25-26,28-29H,16-20,23-24H2,1H3/q+1. The summed E-state index contributed by atoms with van der Waals surface area (Å²) >= 11 is 4.60. The van der Waals surface area contributed by atoms with E-state index in [1.165, 1.54) is 46.8 Å². The molecular weight excluding hydrogens is 806 g/mol. The van der Waals surface area contributed by atoms with Crippen LogP contribution < -0.4 is 9.47 Å². The van der Waals surface area contributed by atoms with Crippen LogP contribution in [0.5, 0.6) is 11.5 Å². The molecule has 4 aromatic carbocycles. The Morgan fingerprint density at radius 1 is 0.756 bits per heavy atom. The second-order valence-electron chi connectivity index (χ2n) is 12.8. The molecular formula is C38H37I2O4S+. The maximum Gasteiger partial charge on any atom is 0.344 e. The molecule has 0 N–H and O–H groups in total. The Bertz CT molecular complexity index is 1580. The first-order valence-electron chi connectivity index (χ1n) is 15.8. The van der Waals surface area contributed by atoms with Crippen LogP contribution in [0, 0.1) is 30.8 Å². The van der Waals surface area contributed by atoms with E-state index in [-0.39, 0.29) is 29.1 Å². The van der Waals surface area contributed by atoms with Gasteiger partial charge in [-0.1, -0.05) is 36.4 Å². The molecule has 4 aromatic rings. The van der Waals surface area contributed by atoms with Crippen molar-refractivity contribution in [1.29, 1.82) is 0 Å². The van der Waals surface area contributed by atoms with Crippen LogP contribution in [-0.4, -0.2) is 18.2 Å². The molecule has 4 aliphatic rings. The summed E-state index contributed by atoms with van der Waals surface area (Å²) in [6.07, 6.45) is 6.19. The zero-order valence-corrected chi connectivity index (χ0v) is 30.4. The van der Waals surface area contributed by atoms with E-state index in [0.29, 0.717) is 24.2 Å². The summed E-state index contributed by atoms with van der Waals surface area (Å²) in [5.74, 6) is 3.85. The van der Waals surface area contributed by atoms with Crippen LogP contribution in [0.15, 0.2) is 112 Å². The second-order valence-corrected chi connectivity index (χ2v) is 17.3. The Labute approximate surface area is 296 Å². The summed E-state index contributed by atoms with van der Waals surface area (Å²) in [4.78, 5) is 17.0. The van der Waals surface area contributed by atoms with Crippen molar-refractivity contribution in [2.75, 3.05) is 6.61 Å². The van der Waals surface area contributed by atoms with Gasteiger partial charge in [-0.2, -0.15) is 0 Å². The molecule has 45 heavy (non-hydrogen) atoms. The maximum atomic E-state index is 13.2. The van der Waals surface area contributed by atoms with E-state index in [1.807, 2.05) is 12.1 Å². The molecule has 4 nitrogen and oxygen atoms in total. The second kappa shape index (κ2) is 13.5. The van der Waals surface area contributed by atoms with Gasteiger partial charge in [-0.05, 0) is 169 Å². The lowest BCUT2D eigenvalue weighted by atomic mass is 9.50. The molecule has 7 heteroatoms. The van der Waals surface area contributed by atoms with Gasteiger partial charge in [-0.25, -0.2) is 4.79 Å². The van der Waals surface area contributed by atoms with Crippen LogP contribution in [0.1, 0.15) is 44.6 Å². The summed E-state index contributed by atoms with van der Waals surface area (Å²) < 4.78 is 20.8. The molecule has 232 valence electrons. The third kappa shape index (κ3) is 6.77. The van der Waals surface area contributed by atoms with Crippen molar-refractivity contribution in [3.63, 3.8) is 0 Å². The molecule has 0 heterocycles. The Balaban J connectivity index is 1.02. The molecule has 4 bridgehead atoms. The lowest BCUT2D eigenvalue weighted by Gasteiger charge is -2.59. The summed E-state index contributed by atoms with van der Waals surface area (Å²) in [6, 6.07) is 33.8. The number of halogens is 2. The number of ether oxygens (including phenoxy) is 3. The van der Waals surface area contributed by atoms with Gasteiger partial charge in [0.2, 0.25) is 0 Å². The highest BCUT2D eigenvalue weighted by molar-refractivity contribution is 14.1. The van der Waals surface area contributed by atoms with Crippen molar-refractivity contribution in [2.24, 2.45) is 23.7 Å². The number of hydrogen-bond acceptors (Lipinski definition) is 4. The molecule has 0 aromatic heterocycles. The van der Waals surface area contributed by atoms with Crippen LogP contribution in [0.25, 0.3) is 0 Å². The predicted octanol–water partition coefficient (Wildman–Crippen LogP) is 9.71. The van der Waals surface area contributed by atoms with Crippen LogP contribution in [0.4, 0.5) is 0 Å². The number of benzene rings is 4. The van der Waals surface area contributed by atoms with E-state index in [4.69, 9.17) is 14.2 Å². The summed E-state index contributed by atoms with van der Waals surface area (Å²) in [5.41, 5.74) is 0.559. The lowest BCUT2D eigenvalue weighted by molar-refractivity contribution is -0.204. The largest absolute Gasteiger partial charge is 0.489 e. The van der Waals surface area contributed by atoms with Crippen molar-refractivity contribution in [1.82, 2.24) is 0 Å². The molecule has 8 rings (SSSR count). The monoisotopic (exact) mass is 843 g/mol. The molecule has 0 spiro atoms. The van der Waals surface area contributed by atoms with E-state index in [1.54, 1.807) is 0 Å². The molecule has 0 aliphatic heterocycles. The third-order valence-corrected chi connectivity index (χ3v) is 13.6. The number of esters is 1. The van der Waals surface area contributed by atoms with Gasteiger partial charge in [-0.3, -0.25) is 0 Å². The summed E-state index contributed by atoms with van der Waals surface area (Å²) in [6.45, 7) is 2.42. The van der Waals surface area contributed by atoms with E-state index in [0.717, 1.165) is 30.3 Å². The molecule has 4 fully saturated rings. The number of carbonyl (C=O) groups is 1. The van der Waals surface area contributed by atoms with Crippen LogP contribution in [0.2, 0.25) is 0 Å². The first kappa shape index (κ1) is 31.4. The van der Waals surface area contributed by atoms with Gasteiger partial charge in [0.1, 0.15) is 23.7 Å². The fourth-order valence-corrected chi connectivity index (χ4v) is 12.1. The van der Waals surface area contributed by atoms with E-state index >= 15 is 0 Å². The number of carbonyl (C=O) groups excluding carboxylic acids is 1. The Morgan fingerprint density at radius 2 is 1.31 bits per heavy atom. The van der Waals surface area contributed by atoms with Crippen LogP contribution in [0.3, 0.4) is 0 Å². The highest BCUT2D eigenvalue weighted by atomic mass is 127. The Hall–Kier alpha value is -2.24. The van der Waals surface area contributed by atoms with Crippen molar-refractivity contribution < 1.29 is 19.0 Å². The Kier molecular flexibility index (Phi) is 9.39. The van der Waals surface area contributed by atoms with Crippen molar-refractivity contribution in [3.05, 3.63) is 110 Å². The lowest BCUT2D eigenvalue weighted by Crippen LogP contribution is -2.58. The van der Waals surface area contributed by atoms with Crippen molar-refractivity contribution in [3.8, 4) is 11.5 Å². The van der Waals surface area contributed by atoms with E-state index in [2.05, 4.69) is 137 Å². The molecule has 4 saturated carbocycles. The van der Waals surface area contributed by atoms with E-state index < -0.39 is 0 Å². The van der Waals surface area contributed by atoms with Gasteiger partial charge in [0.05, 0.1) is 14.5 Å². The molecule has 0 saturated heterocycles. The first-order chi connectivity index (χ1) is 21.9. The Morgan fingerprint density at radius 3 is 1.89 bits per heavy atom. The zero-order valence-electron chi connectivity index (χ0n) is 25.3. The average Bonchev–Trinajstić information content (AvgIpc) is 3.03. The van der Waals surface area contributed by atoms with Gasteiger partial charge < -0.3 is 14.2 Å². The number of rotatable bonds is 10. The third-order valence-electron chi connectivity index (χ3n) is 9.92. The fraction of sp³-hybridized carbons (Fsp3) is 0.342.